The average molecular weight is 345 g/mol. The molecule has 1 aliphatic heterocycles. The number of carbonyl (C=O) groups is 2. The van der Waals surface area contributed by atoms with Crippen molar-refractivity contribution in [2.75, 3.05) is 19.7 Å². The molecule has 2 atom stereocenters. The van der Waals surface area contributed by atoms with E-state index in [0.717, 1.165) is 30.6 Å². The van der Waals surface area contributed by atoms with Gasteiger partial charge in [0.05, 0.1) is 12.0 Å². The maximum atomic E-state index is 12.5. The Morgan fingerprint density at radius 2 is 2.08 bits per heavy atom. The van der Waals surface area contributed by atoms with Crippen molar-refractivity contribution in [2.45, 2.75) is 45.4 Å². The van der Waals surface area contributed by atoms with E-state index in [2.05, 4.69) is 6.92 Å². The molecule has 1 aliphatic carbocycles. The second kappa shape index (κ2) is 7.46. The lowest BCUT2D eigenvalue weighted by atomic mass is 9.81. The van der Waals surface area contributed by atoms with Crippen LogP contribution in [0.5, 0.6) is 5.75 Å². The zero-order valence-corrected chi connectivity index (χ0v) is 14.9. The summed E-state index contributed by atoms with van der Waals surface area (Å²) in [4.78, 5) is 26.0. The van der Waals surface area contributed by atoms with E-state index in [1.54, 1.807) is 4.90 Å². The van der Waals surface area contributed by atoms with Crippen molar-refractivity contribution >= 4 is 11.9 Å². The molecule has 5 nitrogen and oxygen atoms in total. The van der Waals surface area contributed by atoms with Gasteiger partial charge >= 0.3 is 5.97 Å². The molecule has 0 spiro atoms. The number of hydrogen-bond acceptors (Lipinski definition) is 3. The third kappa shape index (κ3) is 3.65. The number of aryl methyl sites for hydroxylation is 1. The van der Waals surface area contributed by atoms with Crippen LogP contribution in [0.25, 0.3) is 0 Å². The first-order valence-electron chi connectivity index (χ1n) is 9.28. The summed E-state index contributed by atoms with van der Waals surface area (Å²) in [6.07, 6.45) is 4.67. The van der Waals surface area contributed by atoms with Crippen LogP contribution in [0.15, 0.2) is 24.3 Å². The molecule has 0 radical (unpaired) electrons. The van der Waals surface area contributed by atoms with Crippen molar-refractivity contribution in [3.05, 3.63) is 29.8 Å². The van der Waals surface area contributed by atoms with Crippen LogP contribution in [0.1, 0.15) is 44.6 Å². The number of carbonyl (C=O) groups excluding carboxylic acids is 1. The topological polar surface area (TPSA) is 66.8 Å². The number of aliphatic carboxylic acids is 1. The molecule has 2 aliphatic rings. The number of fused-ring (bicyclic) bond motifs is 1. The maximum absolute atomic E-state index is 12.5. The quantitative estimate of drug-likeness (QED) is 0.824. The highest BCUT2D eigenvalue weighted by atomic mass is 16.5. The molecule has 1 saturated heterocycles. The van der Waals surface area contributed by atoms with Crippen LogP contribution in [-0.4, -0.2) is 41.6 Å². The smallest absolute Gasteiger partial charge is 0.311 e. The van der Waals surface area contributed by atoms with Gasteiger partial charge < -0.3 is 14.7 Å². The largest absolute Gasteiger partial charge is 0.494 e. The van der Waals surface area contributed by atoms with Gasteiger partial charge in [-0.15, -0.1) is 0 Å². The minimum atomic E-state index is -0.729. The summed E-state index contributed by atoms with van der Waals surface area (Å²) in [6.45, 7) is 3.77. The van der Waals surface area contributed by atoms with E-state index in [1.165, 1.54) is 0 Å². The second-order valence-corrected chi connectivity index (χ2v) is 7.32. The highest BCUT2D eigenvalue weighted by Gasteiger charge is 2.55. The molecule has 1 aromatic carbocycles. The van der Waals surface area contributed by atoms with E-state index in [9.17, 15) is 14.7 Å². The molecule has 1 heterocycles. The Morgan fingerprint density at radius 1 is 1.32 bits per heavy atom. The predicted molar refractivity (Wildman–Crippen MR) is 94.5 cm³/mol. The van der Waals surface area contributed by atoms with Crippen LogP contribution in [0.4, 0.5) is 0 Å². The SMILES string of the molecule is CCCOc1ccc(CCC(=O)N2C[C@@H]3CCC[C@@]3(C(=O)O)C2)cc1. The minimum absolute atomic E-state index is 0.0707. The van der Waals surface area contributed by atoms with Crippen molar-refractivity contribution < 1.29 is 19.4 Å². The molecule has 0 bridgehead atoms. The lowest BCUT2D eigenvalue weighted by Crippen LogP contribution is -2.37. The number of hydrogen-bond donors (Lipinski definition) is 1. The van der Waals surface area contributed by atoms with Gasteiger partial charge in [-0.05, 0) is 49.3 Å². The van der Waals surface area contributed by atoms with Crippen molar-refractivity contribution in [2.24, 2.45) is 11.3 Å². The first kappa shape index (κ1) is 17.8. The normalized spacial score (nSPS) is 25.0. The van der Waals surface area contributed by atoms with Crippen molar-refractivity contribution in [3.8, 4) is 5.75 Å². The summed E-state index contributed by atoms with van der Waals surface area (Å²) in [6, 6.07) is 7.87. The number of amides is 1. The Bertz CT molecular complexity index is 627. The van der Waals surface area contributed by atoms with Gasteiger partial charge in [0.2, 0.25) is 5.91 Å². The van der Waals surface area contributed by atoms with E-state index in [4.69, 9.17) is 4.74 Å². The van der Waals surface area contributed by atoms with Crippen molar-refractivity contribution in [3.63, 3.8) is 0 Å². The van der Waals surface area contributed by atoms with E-state index >= 15 is 0 Å². The molecule has 0 unspecified atom stereocenters. The molecule has 1 aromatic rings. The molecule has 3 rings (SSSR count). The number of carboxylic acids is 1. The fourth-order valence-electron chi connectivity index (χ4n) is 4.21. The zero-order valence-electron chi connectivity index (χ0n) is 14.9. The molecule has 2 fully saturated rings. The zero-order chi connectivity index (χ0) is 17.9. The Hall–Kier alpha value is -2.04. The average Bonchev–Trinajstić information content (AvgIpc) is 3.17. The molecule has 25 heavy (non-hydrogen) atoms. The Balaban J connectivity index is 1.52. The number of carboxylic acid groups (broad SMARTS) is 1. The van der Waals surface area contributed by atoms with Gasteiger partial charge in [-0.3, -0.25) is 9.59 Å². The van der Waals surface area contributed by atoms with E-state index in [1.807, 2.05) is 24.3 Å². The third-order valence-electron chi connectivity index (χ3n) is 5.67. The van der Waals surface area contributed by atoms with E-state index in [0.29, 0.717) is 39.0 Å². The first-order valence-corrected chi connectivity index (χ1v) is 9.28. The molecule has 1 saturated carbocycles. The van der Waals surface area contributed by atoms with Gasteiger partial charge in [-0.2, -0.15) is 0 Å². The molecule has 136 valence electrons. The Labute approximate surface area is 149 Å². The van der Waals surface area contributed by atoms with Crippen molar-refractivity contribution in [1.82, 2.24) is 4.90 Å². The summed E-state index contributed by atoms with van der Waals surface area (Å²) in [5.41, 5.74) is 0.415. The van der Waals surface area contributed by atoms with Gasteiger partial charge in [-0.1, -0.05) is 25.5 Å². The van der Waals surface area contributed by atoms with Gasteiger partial charge in [0.25, 0.3) is 0 Å². The van der Waals surface area contributed by atoms with E-state index in [-0.39, 0.29) is 11.8 Å². The monoisotopic (exact) mass is 345 g/mol. The number of rotatable bonds is 7. The highest BCUT2D eigenvalue weighted by molar-refractivity contribution is 5.81. The number of nitrogens with zero attached hydrogens (tertiary/aromatic N) is 1. The summed E-state index contributed by atoms with van der Waals surface area (Å²) in [5.74, 6) is 0.325. The predicted octanol–water partition coefficient (Wildman–Crippen LogP) is 3.12. The summed E-state index contributed by atoms with van der Waals surface area (Å²) in [7, 11) is 0. The highest BCUT2D eigenvalue weighted by Crippen LogP contribution is 2.48. The van der Waals surface area contributed by atoms with Gasteiger partial charge in [-0.25, -0.2) is 0 Å². The van der Waals surface area contributed by atoms with Crippen LogP contribution in [0.2, 0.25) is 0 Å². The second-order valence-electron chi connectivity index (χ2n) is 7.32. The van der Waals surface area contributed by atoms with Gasteiger partial charge in [0.1, 0.15) is 5.75 Å². The third-order valence-corrected chi connectivity index (χ3v) is 5.67. The number of benzene rings is 1. The van der Waals surface area contributed by atoms with Crippen LogP contribution in [0, 0.1) is 11.3 Å². The summed E-state index contributed by atoms with van der Waals surface area (Å²) < 4.78 is 5.56. The first-order chi connectivity index (χ1) is 12.0. The van der Waals surface area contributed by atoms with Crippen LogP contribution >= 0.6 is 0 Å². The van der Waals surface area contributed by atoms with Crippen LogP contribution in [0.3, 0.4) is 0 Å². The molecular weight excluding hydrogens is 318 g/mol. The molecule has 1 amide bonds. The van der Waals surface area contributed by atoms with Crippen LogP contribution in [-0.2, 0) is 16.0 Å². The standard InChI is InChI=1S/C20H27NO4/c1-2-12-25-17-8-5-15(6-9-17)7-10-18(22)21-13-16-4-3-11-20(16,14-21)19(23)24/h5-6,8-9,16H,2-4,7,10-14H2,1H3,(H,23,24)/t16-,20+/m0/s1. The number of ether oxygens (including phenoxy) is 1. The lowest BCUT2D eigenvalue weighted by Gasteiger charge is -2.23. The van der Waals surface area contributed by atoms with Gasteiger partial charge in [0.15, 0.2) is 0 Å². The summed E-state index contributed by atoms with van der Waals surface area (Å²) in [5, 5.41) is 9.62. The fraction of sp³-hybridized carbons (Fsp3) is 0.600. The Kier molecular flexibility index (Phi) is 5.30. The van der Waals surface area contributed by atoms with Crippen molar-refractivity contribution in [1.29, 1.82) is 0 Å². The lowest BCUT2D eigenvalue weighted by molar-refractivity contribution is -0.149. The van der Waals surface area contributed by atoms with Crippen LogP contribution < -0.4 is 4.74 Å². The maximum Gasteiger partial charge on any atom is 0.311 e. The Morgan fingerprint density at radius 3 is 2.72 bits per heavy atom. The molecule has 5 heteroatoms. The minimum Gasteiger partial charge on any atom is -0.494 e. The fourth-order valence-corrected chi connectivity index (χ4v) is 4.21. The molecule has 0 aromatic heterocycles. The summed E-state index contributed by atoms with van der Waals surface area (Å²) >= 11 is 0. The molecule has 1 N–H and O–H groups in total. The van der Waals surface area contributed by atoms with Gasteiger partial charge in [0, 0.05) is 19.5 Å². The van der Waals surface area contributed by atoms with E-state index < -0.39 is 11.4 Å². The molecular formula is C20H27NO4. The number of likely N-dealkylation sites (tertiary alicyclic amines) is 1.